The lowest BCUT2D eigenvalue weighted by Crippen LogP contribution is -2.15. The molecule has 0 saturated heterocycles. The summed E-state index contributed by atoms with van der Waals surface area (Å²) in [6.07, 6.45) is 1.90. The normalized spacial score (nSPS) is 10.5. The van der Waals surface area contributed by atoms with E-state index in [4.69, 9.17) is 5.11 Å². The summed E-state index contributed by atoms with van der Waals surface area (Å²) in [6, 6.07) is 7.74. The van der Waals surface area contributed by atoms with Crippen molar-refractivity contribution in [2.24, 2.45) is 5.92 Å². The molecular weight excluding hydrogens is 304 g/mol. The molecule has 0 saturated carbocycles. The van der Waals surface area contributed by atoms with E-state index in [0.29, 0.717) is 12.8 Å². The highest BCUT2D eigenvalue weighted by atomic mass is 16.3. The molecule has 0 heterocycles. The first-order valence-corrected chi connectivity index (χ1v) is 8.55. The van der Waals surface area contributed by atoms with Gasteiger partial charge in [-0.1, -0.05) is 52.0 Å². The number of carbonyl (C=O) groups is 3. The molecule has 0 amide bonds. The van der Waals surface area contributed by atoms with Crippen molar-refractivity contribution in [3.05, 3.63) is 35.4 Å². The Hall–Kier alpha value is -1.81. The molecule has 1 aromatic rings. The maximum Gasteiger partial charge on any atom is 0.160 e. The number of aliphatic hydroxyl groups excluding tert-OH is 1. The molecule has 0 bridgehead atoms. The Bertz CT molecular complexity index is 506. The van der Waals surface area contributed by atoms with E-state index in [1.54, 1.807) is 13.8 Å². The number of rotatable bonds is 7. The molecule has 1 rings (SSSR count). The molecule has 4 nitrogen and oxygen atoms in total. The highest BCUT2D eigenvalue weighted by Gasteiger charge is 2.11. The summed E-state index contributed by atoms with van der Waals surface area (Å²) in [5.41, 5.74) is 2.00. The Kier molecular flexibility index (Phi) is 15.0. The minimum atomic E-state index is -0.418. The number of ketones is 3. The first-order chi connectivity index (χ1) is 11.3. The van der Waals surface area contributed by atoms with Crippen molar-refractivity contribution in [3.63, 3.8) is 0 Å². The summed E-state index contributed by atoms with van der Waals surface area (Å²) in [7, 11) is 0. The fourth-order valence-corrected chi connectivity index (χ4v) is 1.91. The molecule has 0 radical (unpaired) electrons. The van der Waals surface area contributed by atoms with Gasteiger partial charge in [-0.25, -0.2) is 0 Å². The Morgan fingerprint density at radius 1 is 1.08 bits per heavy atom. The van der Waals surface area contributed by atoms with Crippen molar-refractivity contribution in [1.29, 1.82) is 0 Å². The molecule has 0 aromatic heterocycles. The third-order valence-electron chi connectivity index (χ3n) is 3.41. The molecule has 1 aromatic carbocycles. The van der Waals surface area contributed by atoms with Gasteiger partial charge in [-0.05, 0) is 32.3 Å². The van der Waals surface area contributed by atoms with Crippen LogP contribution >= 0.6 is 0 Å². The van der Waals surface area contributed by atoms with E-state index in [-0.39, 0.29) is 23.3 Å². The van der Waals surface area contributed by atoms with Gasteiger partial charge in [-0.2, -0.15) is 0 Å². The Morgan fingerprint density at radius 2 is 1.62 bits per heavy atom. The van der Waals surface area contributed by atoms with Crippen LogP contribution in [0.15, 0.2) is 24.3 Å². The largest absolute Gasteiger partial charge is 0.389 e. The smallest absolute Gasteiger partial charge is 0.160 e. The van der Waals surface area contributed by atoms with Crippen LogP contribution in [0.25, 0.3) is 0 Å². The highest BCUT2D eigenvalue weighted by molar-refractivity contribution is 5.95. The maximum absolute atomic E-state index is 11.0. The van der Waals surface area contributed by atoms with E-state index in [0.717, 1.165) is 17.5 Å². The molecule has 0 aliphatic carbocycles. The van der Waals surface area contributed by atoms with Gasteiger partial charge in [0.05, 0.1) is 0 Å². The quantitative estimate of drug-likeness (QED) is 0.763. The molecule has 24 heavy (non-hydrogen) atoms. The zero-order valence-corrected chi connectivity index (χ0v) is 15.9. The average molecular weight is 336 g/mol. The second-order valence-electron chi connectivity index (χ2n) is 5.33. The van der Waals surface area contributed by atoms with E-state index < -0.39 is 6.61 Å². The minimum Gasteiger partial charge on any atom is -0.389 e. The van der Waals surface area contributed by atoms with Crippen molar-refractivity contribution < 1.29 is 19.5 Å². The molecule has 1 unspecified atom stereocenters. The van der Waals surface area contributed by atoms with E-state index in [1.807, 2.05) is 38.1 Å². The van der Waals surface area contributed by atoms with Gasteiger partial charge in [0.1, 0.15) is 12.4 Å². The van der Waals surface area contributed by atoms with Crippen molar-refractivity contribution in [2.45, 2.75) is 60.8 Å². The summed E-state index contributed by atoms with van der Waals surface area (Å²) in [5, 5.41) is 8.44. The molecule has 0 fully saturated rings. The van der Waals surface area contributed by atoms with Crippen molar-refractivity contribution >= 4 is 17.3 Å². The number of carbonyl (C=O) groups excluding carboxylic acids is 3. The lowest BCUT2D eigenvalue weighted by Gasteiger charge is -2.05. The SMILES string of the molecule is CC.CC(=O)CCC(C)C(=O)CO.CCc1ccccc1C(C)=O. The number of aryl methyl sites for hydroxylation is 1. The van der Waals surface area contributed by atoms with Gasteiger partial charge in [0.2, 0.25) is 0 Å². The molecule has 0 spiro atoms. The van der Waals surface area contributed by atoms with Gasteiger partial charge < -0.3 is 9.90 Å². The van der Waals surface area contributed by atoms with Gasteiger partial charge >= 0.3 is 0 Å². The van der Waals surface area contributed by atoms with Crippen LogP contribution in [0.3, 0.4) is 0 Å². The zero-order chi connectivity index (χ0) is 19.1. The lowest BCUT2D eigenvalue weighted by molar-refractivity contribution is -0.125. The highest BCUT2D eigenvalue weighted by Crippen LogP contribution is 2.09. The summed E-state index contributed by atoms with van der Waals surface area (Å²) >= 11 is 0. The van der Waals surface area contributed by atoms with Crippen LogP contribution in [0.4, 0.5) is 0 Å². The molecule has 4 heteroatoms. The van der Waals surface area contributed by atoms with Crippen LogP contribution < -0.4 is 0 Å². The van der Waals surface area contributed by atoms with Crippen LogP contribution in [0.5, 0.6) is 0 Å². The molecule has 136 valence electrons. The number of aliphatic hydroxyl groups is 1. The number of hydrogen-bond donors (Lipinski definition) is 1. The van der Waals surface area contributed by atoms with Gasteiger partial charge in [0.25, 0.3) is 0 Å². The predicted octanol–water partition coefficient (Wildman–Crippen LogP) is 4.03. The number of hydrogen-bond acceptors (Lipinski definition) is 4. The summed E-state index contributed by atoms with van der Waals surface area (Å²) in [5.74, 6) is -0.139. The Balaban J connectivity index is 0. The topological polar surface area (TPSA) is 71.4 Å². The van der Waals surface area contributed by atoms with Crippen molar-refractivity contribution in [1.82, 2.24) is 0 Å². The lowest BCUT2D eigenvalue weighted by atomic mass is 10.00. The van der Waals surface area contributed by atoms with E-state index in [2.05, 4.69) is 6.92 Å². The molecular formula is C20H32O4. The zero-order valence-electron chi connectivity index (χ0n) is 15.9. The standard InChI is InChI=1S/C10H12O.C8H14O3.C2H6/c1-3-9-6-4-5-7-10(9)8(2)11;1-6(8(11)5-9)3-4-7(2)10;1-2/h4-7H,3H2,1-2H3;6,9H,3-5H2,1-2H3;1-2H3. The van der Waals surface area contributed by atoms with Crippen molar-refractivity contribution in [3.8, 4) is 0 Å². The fourth-order valence-electron chi connectivity index (χ4n) is 1.91. The summed E-state index contributed by atoms with van der Waals surface area (Å²) in [4.78, 5) is 32.3. The van der Waals surface area contributed by atoms with E-state index >= 15 is 0 Å². The Labute approximate surface area is 146 Å². The average Bonchev–Trinajstić information content (AvgIpc) is 2.60. The van der Waals surface area contributed by atoms with E-state index in [9.17, 15) is 14.4 Å². The maximum atomic E-state index is 11.0. The fraction of sp³-hybridized carbons (Fsp3) is 0.550. The third-order valence-corrected chi connectivity index (χ3v) is 3.41. The molecule has 0 aliphatic rings. The minimum absolute atomic E-state index is 0.0857. The van der Waals surface area contributed by atoms with Gasteiger partial charge in [-0.15, -0.1) is 0 Å². The van der Waals surface area contributed by atoms with Crippen LogP contribution in [0, 0.1) is 5.92 Å². The molecule has 0 aliphatic heterocycles. The second kappa shape index (κ2) is 14.8. The second-order valence-corrected chi connectivity index (χ2v) is 5.33. The summed E-state index contributed by atoms with van der Waals surface area (Å²) in [6.45, 7) is 10.5. The van der Waals surface area contributed by atoms with Crippen LogP contribution in [-0.4, -0.2) is 29.1 Å². The first kappa shape index (κ1) is 24.4. The molecule has 1 atom stereocenters. The van der Waals surface area contributed by atoms with Gasteiger partial charge in [0.15, 0.2) is 11.6 Å². The molecule has 1 N–H and O–H groups in total. The van der Waals surface area contributed by atoms with Crippen LogP contribution in [0.1, 0.15) is 70.3 Å². The third kappa shape index (κ3) is 10.8. The number of benzene rings is 1. The van der Waals surface area contributed by atoms with Crippen molar-refractivity contribution in [2.75, 3.05) is 6.61 Å². The number of Topliss-reactive ketones (excluding diaryl/α,β-unsaturated/α-hetero) is 3. The summed E-state index contributed by atoms with van der Waals surface area (Å²) < 4.78 is 0. The predicted molar refractivity (Wildman–Crippen MR) is 98.3 cm³/mol. The Morgan fingerprint density at radius 3 is 2.00 bits per heavy atom. The monoisotopic (exact) mass is 336 g/mol. The van der Waals surface area contributed by atoms with Gasteiger partial charge in [-0.3, -0.25) is 9.59 Å². The first-order valence-electron chi connectivity index (χ1n) is 8.55. The van der Waals surface area contributed by atoms with E-state index in [1.165, 1.54) is 6.92 Å². The van der Waals surface area contributed by atoms with Crippen LogP contribution in [0.2, 0.25) is 0 Å². The van der Waals surface area contributed by atoms with Gasteiger partial charge in [0, 0.05) is 17.9 Å². The van der Waals surface area contributed by atoms with Crippen LogP contribution in [-0.2, 0) is 16.0 Å².